The number of aliphatic imine (C=N–C) groups is 1. The Morgan fingerprint density at radius 1 is 1.04 bits per heavy atom. The fourth-order valence-electron chi connectivity index (χ4n) is 2.37. The Balaban J connectivity index is 1.58. The molecule has 2 aromatic carbocycles. The summed E-state index contributed by atoms with van der Waals surface area (Å²) >= 11 is 19.9. The van der Waals surface area contributed by atoms with Gasteiger partial charge >= 0.3 is 0 Å². The maximum atomic E-state index is 13.8. The van der Waals surface area contributed by atoms with Gasteiger partial charge in [0.15, 0.2) is 5.17 Å². The van der Waals surface area contributed by atoms with Crippen LogP contribution in [0, 0.1) is 5.82 Å². The van der Waals surface area contributed by atoms with E-state index in [2.05, 4.69) is 15.2 Å². The summed E-state index contributed by atoms with van der Waals surface area (Å²) < 4.78 is 13.8. The quantitative estimate of drug-likeness (QED) is 0.721. The summed E-state index contributed by atoms with van der Waals surface area (Å²) in [5.41, 5.74) is 1.38. The fourth-order valence-corrected chi connectivity index (χ4v) is 4.09. The van der Waals surface area contributed by atoms with Crippen LogP contribution < -0.4 is 5.32 Å². The van der Waals surface area contributed by atoms with E-state index < -0.39 is 0 Å². The van der Waals surface area contributed by atoms with E-state index in [1.807, 2.05) is 18.2 Å². The van der Waals surface area contributed by atoms with Gasteiger partial charge < -0.3 is 5.32 Å². The molecule has 0 saturated heterocycles. The topological polar surface area (TPSA) is 27.6 Å². The molecular formula is C17H15Cl3FN3S. The molecule has 1 N–H and O–H groups in total. The first-order valence-corrected chi connectivity index (χ1v) is 9.66. The zero-order chi connectivity index (χ0) is 17.8. The number of nitrogens with zero attached hydrogens (tertiary/aromatic N) is 2. The molecule has 0 saturated carbocycles. The molecule has 1 aliphatic rings. The molecule has 0 aromatic heterocycles. The molecule has 8 heteroatoms. The Bertz CT molecular complexity index is 760. The van der Waals surface area contributed by atoms with Crippen LogP contribution in [0.5, 0.6) is 0 Å². The third-order valence-corrected chi connectivity index (χ3v) is 5.77. The predicted molar refractivity (Wildman–Crippen MR) is 105 cm³/mol. The predicted octanol–water partition coefficient (Wildman–Crippen LogP) is 5.40. The van der Waals surface area contributed by atoms with Crippen molar-refractivity contribution in [2.75, 3.05) is 13.3 Å². The van der Waals surface area contributed by atoms with E-state index in [1.165, 1.54) is 17.8 Å². The lowest BCUT2D eigenvalue weighted by Crippen LogP contribution is -2.41. The molecule has 3 nitrogen and oxygen atoms in total. The van der Waals surface area contributed by atoms with Crippen LogP contribution in [0.3, 0.4) is 0 Å². The highest BCUT2D eigenvalue weighted by Crippen LogP contribution is 2.27. The van der Waals surface area contributed by atoms with E-state index in [-0.39, 0.29) is 5.82 Å². The van der Waals surface area contributed by atoms with Gasteiger partial charge in [0.25, 0.3) is 0 Å². The Kier molecular flexibility index (Phi) is 6.47. The monoisotopic (exact) mass is 417 g/mol. The molecular weight excluding hydrogens is 404 g/mol. The molecule has 0 radical (unpaired) electrons. The average molecular weight is 419 g/mol. The van der Waals surface area contributed by atoms with Gasteiger partial charge in [-0.3, -0.25) is 4.90 Å². The first-order valence-electron chi connectivity index (χ1n) is 7.54. The molecule has 132 valence electrons. The highest BCUT2D eigenvalue weighted by Gasteiger charge is 2.16. The van der Waals surface area contributed by atoms with Crippen molar-refractivity contribution in [2.24, 2.45) is 4.99 Å². The van der Waals surface area contributed by atoms with Gasteiger partial charge in [-0.15, -0.1) is 0 Å². The molecule has 0 fully saturated rings. The molecule has 2 aromatic rings. The van der Waals surface area contributed by atoms with Gasteiger partial charge in [0.2, 0.25) is 0 Å². The van der Waals surface area contributed by atoms with Crippen LogP contribution in [-0.2, 0) is 12.3 Å². The lowest BCUT2D eigenvalue weighted by Gasteiger charge is -2.27. The van der Waals surface area contributed by atoms with E-state index in [0.717, 1.165) is 10.7 Å². The molecule has 0 atom stereocenters. The van der Waals surface area contributed by atoms with E-state index in [1.54, 1.807) is 12.1 Å². The van der Waals surface area contributed by atoms with Crippen molar-refractivity contribution in [2.45, 2.75) is 12.3 Å². The fraction of sp³-hybridized carbons (Fsp3) is 0.235. The molecule has 1 aliphatic heterocycles. The van der Waals surface area contributed by atoms with Crippen LogP contribution in [0.15, 0.2) is 41.4 Å². The minimum absolute atomic E-state index is 0.300. The van der Waals surface area contributed by atoms with E-state index in [9.17, 15) is 4.39 Å². The largest absolute Gasteiger partial charge is 0.352 e. The third-order valence-electron chi connectivity index (χ3n) is 3.73. The number of halogens is 4. The van der Waals surface area contributed by atoms with E-state index in [4.69, 9.17) is 34.8 Å². The Hall–Kier alpha value is -0.980. The van der Waals surface area contributed by atoms with Gasteiger partial charge in [-0.1, -0.05) is 58.7 Å². The summed E-state index contributed by atoms with van der Waals surface area (Å²) in [6.45, 7) is 1.73. The van der Waals surface area contributed by atoms with Gasteiger partial charge in [0.05, 0.1) is 13.3 Å². The lowest BCUT2D eigenvalue weighted by molar-refractivity contribution is 0.258. The minimum Gasteiger partial charge on any atom is -0.352 e. The zero-order valence-electron chi connectivity index (χ0n) is 13.1. The first kappa shape index (κ1) is 18.8. The van der Waals surface area contributed by atoms with Gasteiger partial charge in [0, 0.05) is 38.5 Å². The molecule has 0 aliphatic carbocycles. The standard InChI is InChI=1S/C17H15Cl3FN3S/c18-13-3-1-4-14(19)11(13)7-24-9-22-17(23-10-24)25-8-12-15(20)5-2-6-16(12)21/h1-6H,7-10H2,(H,22,23). The number of rotatable bonds is 4. The average Bonchev–Trinajstić information content (AvgIpc) is 2.59. The maximum absolute atomic E-state index is 13.8. The highest BCUT2D eigenvalue weighted by molar-refractivity contribution is 8.13. The second-order valence-electron chi connectivity index (χ2n) is 5.46. The molecule has 0 unspecified atom stereocenters. The molecule has 0 amide bonds. The van der Waals surface area contributed by atoms with Gasteiger partial charge in [0.1, 0.15) is 5.82 Å². The van der Waals surface area contributed by atoms with Crippen molar-refractivity contribution >= 4 is 51.7 Å². The van der Waals surface area contributed by atoms with Crippen LogP contribution >= 0.6 is 46.6 Å². The van der Waals surface area contributed by atoms with Gasteiger partial charge in [-0.2, -0.15) is 0 Å². The van der Waals surface area contributed by atoms with Crippen LogP contribution in [0.4, 0.5) is 4.39 Å². The van der Waals surface area contributed by atoms with Crippen molar-refractivity contribution in [1.29, 1.82) is 0 Å². The van der Waals surface area contributed by atoms with Gasteiger partial charge in [-0.25, -0.2) is 9.38 Å². The van der Waals surface area contributed by atoms with Gasteiger partial charge in [-0.05, 0) is 24.3 Å². The van der Waals surface area contributed by atoms with E-state index in [0.29, 0.717) is 46.3 Å². The number of benzene rings is 2. The molecule has 3 rings (SSSR count). The van der Waals surface area contributed by atoms with Crippen molar-refractivity contribution in [3.05, 3.63) is 68.4 Å². The van der Waals surface area contributed by atoms with Crippen molar-refractivity contribution in [3.63, 3.8) is 0 Å². The summed E-state index contributed by atoms with van der Waals surface area (Å²) in [6.07, 6.45) is 0. The van der Waals surface area contributed by atoms with Crippen molar-refractivity contribution < 1.29 is 4.39 Å². The number of hydrogen-bond acceptors (Lipinski definition) is 4. The maximum Gasteiger partial charge on any atom is 0.159 e. The summed E-state index contributed by atoms with van der Waals surface area (Å²) in [6, 6.07) is 10.2. The Morgan fingerprint density at radius 3 is 2.28 bits per heavy atom. The van der Waals surface area contributed by atoms with Crippen LogP contribution in [0.25, 0.3) is 0 Å². The van der Waals surface area contributed by atoms with Crippen molar-refractivity contribution in [3.8, 4) is 0 Å². The minimum atomic E-state index is -0.300. The SMILES string of the molecule is Fc1cccc(Cl)c1CSC1=NCN(Cc2c(Cl)cccc2Cl)CN1. The van der Waals surface area contributed by atoms with Crippen LogP contribution in [-0.4, -0.2) is 23.4 Å². The third kappa shape index (κ3) is 4.80. The second-order valence-corrected chi connectivity index (χ2v) is 7.64. The zero-order valence-corrected chi connectivity index (χ0v) is 16.2. The number of amidine groups is 1. The summed E-state index contributed by atoms with van der Waals surface area (Å²) in [7, 11) is 0. The summed E-state index contributed by atoms with van der Waals surface area (Å²) in [5, 5.41) is 5.71. The lowest BCUT2D eigenvalue weighted by atomic mass is 10.2. The number of hydrogen-bond donors (Lipinski definition) is 1. The Morgan fingerprint density at radius 2 is 1.68 bits per heavy atom. The highest BCUT2D eigenvalue weighted by atomic mass is 35.5. The van der Waals surface area contributed by atoms with Crippen LogP contribution in [0.2, 0.25) is 15.1 Å². The van der Waals surface area contributed by atoms with Crippen LogP contribution in [0.1, 0.15) is 11.1 Å². The molecule has 0 spiro atoms. The second kappa shape index (κ2) is 8.60. The summed E-state index contributed by atoms with van der Waals surface area (Å²) in [4.78, 5) is 6.56. The summed E-state index contributed by atoms with van der Waals surface area (Å²) in [5.74, 6) is 0.125. The smallest absolute Gasteiger partial charge is 0.159 e. The number of thioether (sulfide) groups is 1. The number of nitrogens with one attached hydrogen (secondary N) is 1. The molecule has 1 heterocycles. The normalized spacial score (nSPS) is 15.0. The molecule has 25 heavy (non-hydrogen) atoms. The first-order chi connectivity index (χ1) is 12.0. The van der Waals surface area contributed by atoms with E-state index >= 15 is 0 Å². The van der Waals surface area contributed by atoms with Crippen molar-refractivity contribution in [1.82, 2.24) is 10.2 Å². The molecule has 0 bridgehead atoms. The Labute approximate surface area is 165 Å².